The molecule has 2 heterocycles. The zero-order valence-electron chi connectivity index (χ0n) is 24.1. The maximum atomic E-state index is 14.4. The molecule has 4 aliphatic carbocycles. The number of halogens is 4. The summed E-state index contributed by atoms with van der Waals surface area (Å²) in [7, 11) is 0. The second kappa shape index (κ2) is 10.2. The van der Waals surface area contributed by atoms with Gasteiger partial charge in [0.2, 0.25) is 5.91 Å². The molecule has 1 saturated heterocycles. The Hall–Kier alpha value is -2.73. The Balaban J connectivity index is 1.24. The molecule has 1 aromatic carbocycles. The van der Waals surface area contributed by atoms with Gasteiger partial charge in [-0.15, -0.1) is 0 Å². The predicted octanol–water partition coefficient (Wildman–Crippen LogP) is 5.44. The molecule has 5 aliphatic rings. The molecule has 0 unspecified atom stereocenters. The standard InChI is InChI=1S/C30H38F4N4O4/c1-26(2,31)25-35-24(36-42-25)28-9-6-27(7-10-28,8-11-28)19-38(23(39)20-17-29(40,18-20)30(32,33)34)22-5-3-4-21(16-22)37-12-14-41-15-13-37/h3-5,16,20,40H,6-15,17-19H2,1-2H3/t20-,27?,28?,29+. The third-order valence-corrected chi connectivity index (χ3v) is 10.1. The molecule has 1 aliphatic heterocycles. The fourth-order valence-electron chi connectivity index (χ4n) is 7.21. The van der Waals surface area contributed by atoms with Crippen LogP contribution >= 0.6 is 0 Å². The Labute approximate surface area is 242 Å². The summed E-state index contributed by atoms with van der Waals surface area (Å²) in [6, 6.07) is 7.61. The highest BCUT2D eigenvalue weighted by Crippen LogP contribution is 2.58. The van der Waals surface area contributed by atoms with Crippen LogP contribution in [0.2, 0.25) is 0 Å². The highest BCUT2D eigenvalue weighted by atomic mass is 19.4. The first-order chi connectivity index (χ1) is 19.7. The first-order valence-corrected chi connectivity index (χ1v) is 14.8. The van der Waals surface area contributed by atoms with E-state index in [0.717, 1.165) is 44.2 Å². The van der Waals surface area contributed by atoms with Crippen molar-refractivity contribution in [3.05, 3.63) is 36.0 Å². The smallest absolute Gasteiger partial charge is 0.380 e. The van der Waals surface area contributed by atoms with E-state index in [-0.39, 0.29) is 22.6 Å². The van der Waals surface area contributed by atoms with Gasteiger partial charge in [0.15, 0.2) is 17.1 Å². The number of hydrogen-bond acceptors (Lipinski definition) is 7. The second-order valence-corrected chi connectivity index (χ2v) is 13.4. The van der Waals surface area contributed by atoms with E-state index in [4.69, 9.17) is 9.26 Å². The van der Waals surface area contributed by atoms with Crippen molar-refractivity contribution < 1.29 is 36.7 Å². The van der Waals surface area contributed by atoms with E-state index in [1.807, 2.05) is 24.3 Å². The molecule has 2 aromatic rings. The van der Waals surface area contributed by atoms with Crippen LogP contribution < -0.4 is 9.80 Å². The highest BCUT2D eigenvalue weighted by Gasteiger charge is 2.63. The number of ether oxygens (including phenoxy) is 1. The van der Waals surface area contributed by atoms with Gasteiger partial charge in [0.05, 0.1) is 13.2 Å². The van der Waals surface area contributed by atoms with Crippen LogP contribution in [0, 0.1) is 11.3 Å². The lowest BCUT2D eigenvalue weighted by atomic mass is 9.53. The number of carbonyl (C=O) groups excluding carboxylic acids is 1. The summed E-state index contributed by atoms with van der Waals surface area (Å²) in [5, 5.41) is 14.2. The minimum absolute atomic E-state index is 0.0366. The van der Waals surface area contributed by atoms with Crippen LogP contribution in [-0.4, -0.2) is 65.8 Å². The first-order valence-electron chi connectivity index (χ1n) is 14.8. The average molecular weight is 595 g/mol. The van der Waals surface area contributed by atoms with Crippen LogP contribution in [0.5, 0.6) is 0 Å². The Morgan fingerprint density at radius 1 is 1.07 bits per heavy atom. The van der Waals surface area contributed by atoms with Crippen molar-refractivity contribution in [1.29, 1.82) is 0 Å². The van der Waals surface area contributed by atoms with Gasteiger partial charge in [0, 0.05) is 42.3 Å². The number of benzene rings is 1. The second-order valence-electron chi connectivity index (χ2n) is 13.4. The predicted molar refractivity (Wildman–Crippen MR) is 146 cm³/mol. The van der Waals surface area contributed by atoms with Crippen molar-refractivity contribution in [2.24, 2.45) is 11.3 Å². The van der Waals surface area contributed by atoms with Gasteiger partial charge in [-0.3, -0.25) is 4.79 Å². The lowest BCUT2D eigenvalue weighted by Crippen LogP contribution is -2.60. The zero-order chi connectivity index (χ0) is 30.0. The summed E-state index contributed by atoms with van der Waals surface area (Å²) in [5.74, 6) is -0.796. The van der Waals surface area contributed by atoms with Gasteiger partial charge in [-0.25, -0.2) is 4.39 Å². The minimum atomic E-state index is -4.77. The SMILES string of the molecule is CC(C)(F)c1nc(C23CCC(CN(c4cccc(N5CCOCC5)c4)C(=O)[C@H]4C[C@](O)(C(F)(F)F)C4)(CC2)CC3)no1. The summed E-state index contributed by atoms with van der Waals surface area (Å²) in [4.78, 5) is 22.2. The molecule has 4 saturated carbocycles. The number of amides is 1. The van der Waals surface area contributed by atoms with Gasteiger partial charge in [-0.1, -0.05) is 11.2 Å². The molecular weight excluding hydrogens is 556 g/mol. The van der Waals surface area contributed by atoms with Crippen molar-refractivity contribution in [3.63, 3.8) is 0 Å². The van der Waals surface area contributed by atoms with Gasteiger partial charge in [0.1, 0.15) is 0 Å². The monoisotopic (exact) mass is 594 g/mol. The number of carbonyl (C=O) groups is 1. The fraction of sp³-hybridized carbons (Fsp3) is 0.700. The van der Waals surface area contributed by atoms with E-state index in [1.54, 1.807) is 4.90 Å². The Morgan fingerprint density at radius 3 is 2.29 bits per heavy atom. The molecule has 230 valence electrons. The number of aromatic nitrogens is 2. The van der Waals surface area contributed by atoms with Gasteiger partial charge in [-0.05, 0) is 88.8 Å². The Bertz CT molecular complexity index is 1290. The van der Waals surface area contributed by atoms with Crippen LogP contribution in [0.15, 0.2) is 28.8 Å². The van der Waals surface area contributed by atoms with Crippen molar-refractivity contribution in [2.45, 2.75) is 88.1 Å². The van der Waals surface area contributed by atoms with Gasteiger partial charge in [-0.2, -0.15) is 18.2 Å². The summed E-state index contributed by atoms with van der Waals surface area (Å²) >= 11 is 0. The number of nitrogens with zero attached hydrogens (tertiary/aromatic N) is 4. The molecule has 1 amide bonds. The van der Waals surface area contributed by atoms with Crippen LogP contribution in [0.4, 0.5) is 28.9 Å². The Kier molecular flexibility index (Phi) is 7.11. The lowest BCUT2D eigenvalue weighted by molar-refractivity contribution is -0.295. The highest BCUT2D eigenvalue weighted by molar-refractivity contribution is 5.96. The summed E-state index contributed by atoms with van der Waals surface area (Å²) < 4.78 is 65.4. The van der Waals surface area contributed by atoms with E-state index in [2.05, 4.69) is 15.0 Å². The van der Waals surface area contributed by atoms with Crippen molar-refractivity contribution in [3.8, 4) is 0 Å². The number of aliphatic hydroxyl groups is 1. The van der Waals surface area contributed by atoms with Crippen LogP contribution in [-0.2, 0) is 20.6 Å². The number of hydrogen-bond donors (Lipinski definition) is 1. The third-order valence-electron chi connectivity index (χ3n) is 10.1. The molecule has 1 aromatic heterocycles. The van der Waals surface area contributed by atoms with Crippen molar-refractivity contribution in [2.75, 3.05) is 42.6 Å². The molecule has 0 radical (unpaired) electrons. The van der Waals surface area contributed by atoms with Gasteiger partial charge in [0.25, 0.3) is 5.89 Å². The molecule has 0 atom stereocenters. The average Bonchev–Trinajstić information content (AvgIpc) is 3.47. The Morgan fingerprint density at radius 2 is 1.71 bits per heavy atom. The maximum Gasteiger partial charge on any atom is 0.417 e. The maximum absolute atomic E-state index is 14.4. The number of morpholine rings is 1. The van der Waals surface area contributed by atoms with Crippen molar-refractivity contribution in [1.82, 2.24) is 10.1 Å². The summed E-state index contributed by atoms with van der Waals surface area (Å²) in [6.45, 7) is 5.76. The fourth-order valence-corrected chi connectivity index (χ4v) is 7.21. The lowest BCUT2D eigenvalue weighted by Gasteiger charge is -2.54. The molecule has 12 heteroatoms. The number of alkyl halides is 4. The molecule has 2 bridgehead atoms. The first kappa shape index (κ1) is 29.3. The number of anilines is 2. The number of fused-ring (bicyclic) bond motifs is 3. The molecule has 1 N–H and O–H groups in total. The van der Waals surface area contributed by atoms with E-state index >= 15 is 0 Å². The normalized spacial score (nSPS) is 31.6. The topological polar surface area (TPSA) is 91.9 Å². The summed E-state index contributed by atoms with van der Waals surface area (Å²) in [6.07, 6.45) is -1.43. The molecule has 7 rings (SSSR count). The molecule has 5 fully saturated rings. The van der Waals surface area contributed by atoms with Crippen LogP contribution in [0.25, 0.3) is 0 Å². The van der Waals surface area contributed by atoms with Gasteiger partial charge >= 0.3 is 6.18 Å². The molecular formula is C30H38F4N4O4. The molecule has 42 heavy (non-hydrogen) atoms. The van der Waals surface area contributed by atoms with Crippen LogP contribution in [0.1, 0.15) is 76.9 Å². The van der Waals surface area contributed by atoms with Crippen LogP contribution in [0.3, 0.4) is 0 Å². The summed E-state index contributed by atoms with van der Waals surface area (Å²) in [5.41, 5.74) is -3.50. The number of rotatable bonds is 7. The quantitative estimate of drug-likeness (QED) is 0.427. The molecule has 0 spiro atoms. The van der Waals surface area contributed by atoms with E-state index in [9.17, 15) is 27.5 Å². The molecule has 8 nitrogen and oxygen atoms in total. The van der Waals surface area contributed by atoms with Crippen molar-refractivity contribution >= 4 is 17.3 Å². The minimum Gasteiger partial charge on any atom is -0.380 e. The van der Waals surface area contributed by atoms with E-state index < -0.39 is 36.2 Å². The van der Waals surface area contributed by atoms with E-state index in [1.165, 1.54) is 13.8 Å². The van der Waals surface area contributed by atoms with Gasteiger partial charge < -0.3 is 24.2 Å². The third kappa shape index (κ3) is 5.18. The largest absolute Gasteiger partial charge is 0.417 e. The van der Waals surface area contributed by atoms with E-state index in [0.29, 0.717) is 44.4 Å². The zero-order valence-corrected chi connectivity index (χ0v) is 24.1.